The zero-order valence-electron chi connectivity index (χ0n) is 45.2. The van der Waals surface area contributed by atoms with E-state index >= 15 is 0 Å². The minimum atomic E-state index is -4.39. The van der Waals surface area contributed by atoms with Crippen LogP contribution in [0.1, 0.15) is 232 Å². The summed E-state index contributed by atoms with van der Waals surface area (Å²) in [5.74, 6) is -0.836. The van der Waals surface area contributed by atoms with Crippen LogP contribution >= 0.6 is 7.82 Å². The summed E-state index contributed by atoms with van der Waals surface area (Å²) in [6, 6.07) is 0. The predicted molar refractivity (Wildman–Crippen MR) is 302 cm³/mol. The van der Waals surface area contributed by atoms with Crippen LogP contribution in [-0.2, 0) is 32.7 Å². The van der Waals surface area contributed by atoms with Gasteiger partial charge in [0.2, 0.25) is 0 Å². The Morgan fingerprint density at radius 1 is 0.437 bits per heavy atom. The molecule has 0 amide bonds. The number of phosphoric acid groups is 1. The van der Waals surface area contributed by atoms with Crippen molar-refractivity contribution in [1.82, 2.24) is 0 Å². The molecule has 0 bridgehead atoms. The lowest BCUT2D eigenvalue weighted by atomic mass is 10.0. The van der Waals surface area contributed by atoms with Gasteiger partial charge in [-0.25, -0.2) is 4.57 Å². The van der Waals surface area contributed by atoms with E-state index < -0.39 is 26.5 Å². The van der Waals surface area contributed by atoms with E-state index in [0.717, 1.165) is 103 Å². The van der Waals surface area contributed by atoms with Crippen LogP contribution in [-0.4, -0.2) is 49.3 Å². The predicted octanol–water partition coefficient (Wildman–Crippen LogP) is 17.8. The maximum atomic E-state index is 12.7. The van der Waals surface area contributed by atoms with Crippen molar-refractivity contribution in [3.05, 3.63) is 109 Å². The molecule has 10 heteroatoms. The summed E-state index contributed by atoms with van der Waals surface area (Å²) < 4.78 is 32.9. The second-order valence-corrected chi connectivity index (χ2v) is 19.9. The molecule has 0 rings (SSSR count). The van der Waals surface area contributed by atoms with Gasteiger partial charge in [-0.1, -0.05) is 245 Å². The van der Waals surface area contributed by atoms with Crippen LogP contribution < -0.4 is 5.73 Å². The first-order valence-corrected chi connectivity index (χ1v) is 29.9. The number of ether oxygens (including phenoxy) is 2. The van der Waals surface area contributed by atoms with E-state index in [1.807, 2.05) is 0 Å². The van der Waals surface area contributed by atoms with Crippen LogP contribution in [0.15, 0.2) is 109 Å². The average molecular weight is 1010 g/mol. The van der Waals surface area contributed by atoms with E-state index in [1.165, 1.54) is 96.3 Å². The normalized spacial score (nSPS) is 13.9. The Bertz CT molecular complexity index is 1530. The molecule has 0 saturated carbocycles. The summed E-state index contributed by atoms with van der Waals surface area (Å²) in [5, 5.41) is 0. The minimum absolute atomic E-state index is 0.0489. The van der Waals surface area contributed by atoms with Crippen LogP contribution in [0.25, 0.3) is 0 Å². The number of unbranched alkanes of at least 4 members (excludes halogenated alkanes) is 21. The molecule has 406 valence electrons. The first-order chi connectivity index (χ1) is 34.8. The molecule has 71 heavy (non-hydrogen) atoms. The number of allylic oxidation sites excluding steroid dienone is 18. The monoisotopic (exact) mass is 1010 g/mol. The molecule has 0 aromatic heterocycles. The Balaban J connectivity index is 3.97. The molecule has 0 fully saturated rings. The van der Waals surface area contributed by atoms with Crippen molar-refractivity contribution in [3.8, 4) is 0 Å². The third-order valence-electron chi connectivity index (χ3n) is 11.7. The standard InChI is InChI=1S/C61H104NO8P/c1-3-5-7-9-11-13-15-17-18-19-20-21-22-23-24-25-26-27-28-29-30-31-32-33-34-35-36-37-38-39-40-42-44-46-48-50-52-54-61(64)70-59(58-69-71(65,66)68-56-55-62)57-67-60(63)53-51-49-47-45-43-41-16-14-12-10-8-6-4-2/h5,7,11,13,17-18,20-21,23-24,26-27,29-30,32-33,35-36,59H,3-4,6,8-10,12,14-16,19,22,25,28,31,34,37-58,62H2,1-2H3,(H,65,66)/b7-5-,13-11-,18-17-,21-20-,24-23-,27-26-,30-29-,33-32-,36-35-. The second kappa shape index (κ2) is 56.0. The largest absolute Gasteiger partial charge is 0.472 e. The van der Waals surface area contributed by atoms with Gasteiger partial charge in [-0.15, -0.1) is 0 Å². The van der Waals surface area contributed by atoms with Crippen LogP contribution in [0, 0.1) is 0 Å². The fourth-order valence-electron chi connectivity index (χ4n) is 7.51. The molecule has 0 saturated heterocycles. The number of rotatable bonds is 52. The number of hydrogen-bond acceptors (Lipinski definition) is 8. The van der Waals surface area contributed by atoms with Gasteiger partial charge in [0.15, 0.2) is 6.10 Å². The maximum Gasteiger partial charge on any atom is 0.472 e. The number of nitrogens with two attached hydrogens (primary N) is 1. The smallest absolute Gasteiger partial charge is 0.462 e. The Hall–Kier alpha value is -3.33. The van der Waals surface area contributed by atoms with Gasteiger partial charge in [0.05, 0.1) is 13.2 Å². The summed E-state index contributed by atoms with van der Waals surface area (Å²) in [4.78, 5) is 35.1. The van der Waals surface area contributed by atoms with Gasteiger partial charge in [-0.2, -0.15) is 0 Å². The molecular weight excluding hydrogens is 906 g/mol. The average Bonchev–Trinajstić information content (AvgIpc) is 3.36. The molecule has 0 radical (unpaired) electrons. The lowest BCUT2D eigenvalue weighted by Crippen LogP contribution is -2.29. The number of esters is 2. The zero-order valence-corrected chi connectivity index (χ0v) is 46.1. The molecule has 0 spiro atoms. The van der Waals surface area contributed by atoms with Crippen LogP contribution in [0.4, 0.5) is 0 Å². The first-order valence-electron chi connectivity index (χ1n) is 28.4. The lowest BCUT2D eigenvalue weighted by molar-refractivity contribution is -0.161. The maximum absolute atomic E-state index is 12.7. The van der Waals surface area contributed by atoms with Crippen LogP contribution in [0.2, 0.25) is 0 Å². The molecular formula is C61H104NO8P. The molecule has 0 aromatic rings. The summed E-state index contributed by atoms with van der Waals surface area (Å²) >= 11 is 0. The third kappa shape index (κ3) is 55.8. The fourth-order valence-corrected chi connectivity index (χ4v) is 8.28. The van der Waals surface area contributed by atoms with E-state index in [1.54, 1.807) is 0 Å². The highest BCUT2D eigenvalue weighted by molar-refractivity contribution is 7.47. The minimum Gasteiger partial charge on any atom is -0.462 e. The Morgan fingerprint density at radius 2 is 0.775 bits per heavy atom. The van der Waals surface area contributed by atoms with Gasteiger partial charge < -0.3 is 20.1 Å². The van der Waals surface area contributed by atoms with Gasteiger partial charge in [0.1, 0.15) is 6.61 Å². The van der Waals surface area contributed by atoms with Gasteiger partial charge in [0.25, 0.3) is 0 Å². The summed E-state index contributed by atoms with van der Waals surface area (Å²) in [6.45, 7) is 3.61. The molecule has 9 nitrogen and oxygen atoms in total. The van der Waals surface area contributed by atoms with Crippen LogP contribution in [0.3, 0.4) is 0 Å². The molecule has 0 aliphatic rings. The molecule has 0 aromatic carbocycles. The van der Waals surface area contributed by atoms with Crippen molar-refractivity contribution in [2.75, 3.05) is 26.4 Å². The quantitative estimate of drug-likeness (QED) is 0.0264. The van der Waals surface area contributed by atoms with Crippen molar-refractivity contribution in [1.29, 1.82) is 0 Å². The zero-order chi connectivity index (χ0) is 51.7. The van der Waals surface area contributed by atoms with Crippen LogP contribution in [0.5, 0.6) is 0 Å². The molecule has 3 N–H and O–H groups in total. The number of carbonyl (C=O) groups excluding carboxylic acids is 2. The van der Waals surface area contributed by atoms with Gasteiger partial charge in [0, 0.05) is 19.4 Å². The molecule has 0 heterocycles. The van der Waals surface area contributed by atoms with E-state index in [4.69, 9.17) is 24.3 Å². The highest BCUT2D eigenvalue weighted by Crippen LogP contribution is 2.43. The third-order valence-corrected chi connectivity index (χ3v) is 12.7. The molecule has 2 unspecified atom stereocenters. The van der Waals surface area contributed by atoms with E-state index in [-0.39, 0.29) is 38.6 Å². The Labute approximate surface area is 435 Å². The first kappa shape index (κ1) is 67.7. The van der Waals surface area contributed by atoms with Gasteiger partial charge in [-0.3, -0.25) is 18.6 Å². The lowest BCUT2D eigenvalue weighted by Gasteiger charge is -2.19. The summed E-state index contributed by atoms with van der Waals surface area (Å²) in [6.07, 6.45) is 75.7. The fraction of sp³-hybridized carbons (Fsp3) is 0.672. The SMILES string of the molecule is CC/C=C\C/C=C\C/C=C\C/C=C\C/C=C\C/C=C\C/C=C\C/C=C\C/C=C\CCCCCCCCCCCC(=O)OC(COC(=O)CCCCCCCCCCCCCCC)COP(=O)(O)OCCN. The van der Waals surface area contributed by atoms with Gasteiger partial charge in [-0.05, 0) is 83.5 Å². The number of carbonyl (C=O) groups is 2. The molecule has 2 atom stereocenters. The molecule has 0 aliphatic carbocycles. The summed E-state index contributed by atoms with van der Waals surface area (Å²) in [7, 11) is -4.39. The highest BCUT2D eigenvalue weighted by atomic mass is 31.2. The Kier molecular flexibility index (Phi) is 53.3. The van der Waals surface area contributed by atoms with Gasteiger partial charge >= 0.3 is 19.8 Å². The van der Waals surface area contributed by atoms with Crippen molar-refractivity contribution >= 4 is 19.8 Å². The highest BCUT2D eigenvalue weighted by Gasteiger charge is 2.26. The van der Waals surface area contributed by atoms with Crippen molar-refractivity contribution in [2.24, 2.45) is 5.73 Å². The second-order valence-electron chi connectivity index (χ2n) is 18.4. The summed E-state index contributed by atoms with van der Waals surface area (Å²) in [5.41, 5.74) is 5.37. The van der Waals surface area contributed by atoms with E-state index in [0.29, 0.717) is 6.42 Å². The topological polar surface area (TPSA) is 134 Å². The number of phosphoric ester groups is 1. The van der Waals surface area contributed by atoms with Crippen molar-refractivity contribution in [3.63, 3.8) is 0 Å². The molecule has 0 aliphatic heterocycles. The van der Waals surface area contributed by atoms with E-state index in [9.17, 15) is 19.0 Å². The van der Waals surface area contributed by atoms with Crippen molar-refractivity contribution in [2.45, 2.75) is 238 Å². The van der Waals surface area contributed by atoms with Crippen molar-refractivity contribution < 1.29 is 37.6 Å². The Morgan fingerprint density at radius 3 is 1.15 bits per heavy atom. The number of hydrogen-bond donors (Lipinski definition) is 2. The van der Waals surface area contributed by atoms with E-state index in [2.05, 4.69) is 123 Å².